The van der Waals surface area contributed by atoms with Gasteiger partial charge in [0.25, 0.3) is 11.8 Å². The zero-order valence-corrected chi connectivity index (χ0v) is 53.6. The van der Waals surface area contributed by atoms with Crippen molar-refractivity contribution in [1.29, 1.82) is 0 Å². The van der Waals surface area contributed by atoms with Gasteiger partial charge in [-0.05, 0) is 110 Å². The monoisotopic (exact) mass is 1250 g/mol. The van der Waals surface area contributed by atoms with Gasteiger partial charge < -0.3 is 64.7 Å². The van der Waals surface area contributed by atoms with E-state index in [0.29, 0.717) is 96.3 Å². The zero-order valence-electron chi connectivity index (χ0n) is 53.6. The molecule has 6 aliphatic rings. The second-order valence-electron chi connectivity index (χ2n) is 25.3. The van der Waals surface area contributed by atoms with Crippen LogP contribution in [0.15, 0.2) is 101 Å². The van der Waals surface area contributed by atoms with Crippen molar-refractivity contribution in [3.63, 3.8) is 0 Å². The molecular formula is C71H86N10O11. The highest BCUT2D eigenvalue weighted by atomic mass is 16.5. The summed E-state index contributed by atoms with van der Waals surface area (Å²) in [6.45, 7) is 10.3. The number of methoxy groups -OCH3 is 2. The van der Waals surface area contributed by atoms with Crippen molar-refractivity contribution in [3.8, 4) is 34.8 Å². The summed E-state index contributed by atoms with van der Waals surface area (Å²) in [4.78, 5) is 85.9. The summed E-state index contributed by atoms with van der Waals surface area (Å²) in [5.41, 5.74) is 8.20. The van der Waals surface area contributed by atoms with E-state index in [0.717, 1.165) is 79.7 Å². The van der Waals surface area contributed by atoms with Crippen molar-refractivity contribution in [2.75, 3.05) is 70.9 Å². The molecule has 5 aromatic rings. The number of benzene rings is 4. The predicted octanol–water partition coefficient (Wildman–Crippen LogP) is 10.7. The summed E-state index contributed by atoms with van der Waals surface area (Å²) < 4.78 is 25.4. The van der Waals surface area contributed by atoms with E-state index in [4.69, 9.17) is 28.9 Å². The molecule has 92 heavy (non-hydrogen) atoms. The van der Waals surface area contributed by atoms with Gasteiger partial charge in [-0.1, -0.05) is 70.2 Å². The largest absolute Gasteiger partial charge is 0.494 e. The van der Waals surface area contributed by atoms with Crippen LogP contribution >= 0.6 is 0 Å². The number of carbonyl (C=O) groups is 5. The molecule has 4 aromatic carbocycles. The molecule has 2 fully saturated rings. The number of ether oxygens (including phenoxy) is 4. The summed E-state index contributed by atoms with van der Waals surface area (Å²) in [5, 5.41) is 30.0. The molecule has 1 saturated carbocycles. The minimum Gasteiger partial charge on any atom is -0.494 e. The SMILES string of the molecule is COc1cc2c(cc1OCCCOc1cc3c(cc1OC)C(=O)N1C=C(c4ccc(N5CCN(C)CC5)cc4)CC1C=N3)N=CC1CC(c3ccc(NC(=O)C(C)NC(=O)C(NC(=O)CCCCCn4c(O)cc(C5CCCCCC5)c4O)C(C)C)cc3)=CN1C2=O. The number of piperazine rings is 1. The lowest BCUT2D eigenvalue weighted by molar-refractivity contribution is -0.131. The first-order valence-electron chi connectivity index (χ1n) is 32.5. The summed E-state index contributed by atoms with van der Waals surface area (Å²) >= 11 is 0. The fourth-order valence-electron chi connectivity index (χ4n) is 13.1. The number of aromatic hydroxyl groups is 2. The number of fused-ring (bicyclic) bond motifs is 4. The molecular weight excluding hydrogens is 1170 g/mol. The van der Waals surface area contributed by atoms with Crippen LogP contribution in [0.2, 0.25) is 0 Å². The maximum Gasteiger partial charge on any atom is 0.260 e. The number of carbonyl (C=O) groups excluding carboxylic acids is 5. The zero-order chi connectivity index (χ0) is 64.6. The second kappa shape index (κ2) is 29.0. The molecule has 21 heteroatoms. The Hall–Kier alpha value is -9.11. The van der Waals surface area contributed by atoms with Crippen molar-refractivity contribution < 1.29 is 53.1 Å². The van der Waals surface area contributed by atoms with E-state index in [-0.39, 0.29) is 73.0 Å². The lowest BCUT2D eigenvalue weighted by Crippen LogP contribution is -2.53. The molecule has 0 bridgehead atoms. The highest BCUT2D eigenvalue weighted by Gasteiger charge is 2.36. The number of hydrogen-bond donors (Lipinski definition) is 5. The van der Waals surface area contributed by atoms with Crippen LogP contribution in [-0.2, 0) is 20.9 Å². The van der Waals surface area contributed by atoms with Crippen LogP contribution in [0.1, 0.15) is 148 Å². The first-order chi connectivity index (χ1) is 44.5. The molecule has 0 spiro atoms. The number of hydrogen-bond acceptors (Lipinski definition) is 15. The third-order valence-corrected chi connectivity index (χ3v) is 18.5. The van der Waals surface area contributed by atoms with E-state index in [1.165, 1.54) is 25.6 Å². The Kier molecular flexibility index (Phi) is 20.3. The predicted molar refractivity (Wildman–Crippen MR) is 355 cm³/mol. The van der Waals surface area contributed by atoms with Crippen LogP contribution in [0.25, 0.3) is 11.1 Å². The third kappa shape index (κ3) is 14.6. The van der Waals surface area contributed by atoms with Crippen LogP contribution in [0, 0.1) is 5.92 Å². The van der Waals surface area contributed by atoms with Gasteiger partial charge in [-0.25, -0.2) is 0 Å². The van der Waals surface area contributed by atoms with Crippen LogP contribution in [0.5, 0.6) is 34.8 Å². The molecule has 486 valence electrons. The number of nitrogens with one attached hydrogen (secondary N) is 3. The van der Waals surface area contributed by atoms with E-state index < -0.39 is 23.9 Å². The Morgan fingerprint density at radius 2 is 1.20 bits per heavy atom. The maximum absolute atomic E-state index is 14.2. The Bertz CT molecular complexity index is 3650. The van der Waals surface area contributed by atoms with E-state index in [1.54, 1.807) is 77.1 Å². The quantitative estimate of drug-likeness (QED) is 0.0286. The molecule has 1 saturated heterocycles. The molecule has 0 radical (unpaired) electrons. The highest BCUT2D eigenvalue weighted by Crippen LogP contribution is 2.44. The van der Waals surface area contributed by atoms with Gasteiger partial charge in [0.2, 0.25) is 17.7 Å². The summed E-state index contributed by atoms with van der Waals surface area (Å²) in [7, 11) is 5.21. The van der Waals surface area contributed by atoms with Gasteiger partial charge in [0, 0.05) is 118 Å². The van der Waals surface area contributed by atoms with Crippen LogP contribution in [0.3, 0.4) is 0 Å². The number of aliphatic imine (C=N–C) groups is 2. The van der Waals surface area contributed by atoms with Gasteiger partial charge in [0.15, 0.2) is 34.8 Å². The lowest BCUT2D eigenvalue weighted by Gasteiger charge is -2.34. The van der Waals surface area contributed by atoms with Crippen molar-refractivity contribution in [2.24, 2.45) is 15.9 Å². The number of nitrogens with zero attached hydrogens (tertiary/aromatic N) is 7. The minimum absolute atomic E-state index is 0.0623. The summed E-state index contributed by atoms with van der Waals surface area (Å²) in [6, 6.07) is 22.0. The van der Waals surface area contributed by atoms with Gasteiger partial charge in [-0.2, -0.15) is 0 Å². The maximum atomic E-state index is 14.2. The van der Waals surface area contributed by atoms with Crippen molar-refractivity contribution in [2.45, 2.75) is 141 Å². The number of rotatable bonds is 24. The van der Waals surface area contributed by atoms with E-state index in [9.17, 15) is 34.2 Å². The summed E-state index contributed by atoms with van der Waals surface area (Å²) in [5.74, 6) is 0.284. The third-order valence-electron chi connectivity index (χ3n) is 18.5. The molecule has 11 rings (SSSR count). The van der Waals surface area contributed by atoms with Gasteiger partial charge >= 0.3 is 0 Å². The molecule has 5 aliphatic heterocycles. The van der Waals surface area contributed by atoms with Gasteiger partial charge in [-0.3, -0.25) is 38.5 Å². The van der Waals surface area contributed by atoms with Crippen molar-refractivity contribution in [1.82, 2.24) is 29.9 Å². The molecule has 1 aromatic heterocycles. The smallest absolute Gasteiger partial charge is 0.260 e. The van der Waals surface area contributed by atoms with Gasteiger partial charge in [0.05, 0.1) is 62.0 Å². The first-order valence-corrected chi connectivity index (χ1v) is 32.5. The van der Waals surface area contributed by atoms with Crippen LogP contribution in [0.4, 0.5) is 22.7 Å². The molecule has 21 nitrogen and oxygen atoms in total. The Balaban J connectivity index is 0.622. The average molecular weight is 1260 g/mol. The van der Waals surface area contributed by atoms with E-state index in [1.807, 2.05) is 44.6 Å². The highest BCUT2D eigenvalue weighted by molar-refractivity contribution is 6.07. The molecule has 4 unspecified atom stereocenters. The average Bonchev–Trinajstić information content (AvgIpc) is 1.64. The first kappa shape index (κ1) is 64.4. The Morgan fingerprint density at radius 3 is 1.74 bits per heavy atom. The van der Waals surface area contributed by atoms with Crippen molar-refractivity contribution in [3.05, 3.63) is 119 Å². The molecule has 5 N–H and O–H groups in total. The number of amides is 5. The van der Waals surface area contributed by atoms with Gasteiger partial charge in [0.1, 0.15) is 12.1 Å². The number of aromatic nitrogens is 1. The normalized spacial score (nSPS) is 18.8. The van der Waals surface area contributed by atoms with Crippen LogP contribution in [-0.4, -0.2) is 156 Å². The van der Waals surface area contributed by atoms with Crippen LogP contribution < -0.4 is 39.8 Å². The lowest BCUT2D eigenvalue weighted by atomic mass is 9.93. The molecule has 5 amide bonds. The fourth-order valence-corrected chi connectivity index (χ4v) is 13.1. The topological polar surface area (TPSA) is 241 Å². The van der Waals surface area contributed by atoms with Crippen molar-refractivity contribution >= 4 is 75.9 Å². The number of likely N-dealkylation sites (N-methyl/N-ethyl adjacent to an activating group) is 1. The van der Waals surface area contributed by atoms with E-state index in [2.05, 4.69) is 57.1 Å². The summed E-state index contributed by atoms with van der Waals surface area (Å²) in [6.07, 6.45) is 17.8. The number of anilines is 2. The van der Waals surface area contributed by atoms with Gasteiger partial charge in [-0.15, -0.1) is 0 Å². The number of unbranched alkanes of at least 4 members (excludes halogenated alkanes) is 2. The standard InChI is InChI=1S/C71H86N10O11/c1-44(2)66(76-64(82)17-12-9-13-26-79-65(83)37-55(69(79)86)48-15-10-7-8-11-16-48)68(85)74-45(3)67(84)75-51-22-18-46(19-23-51)49-33-53-40-72-58-38-62(60(89-5)35-56(58)70(87)80(53)42-49)91-31-14-32-92-63-39-59-57(36-61(63)90-6)71(88)81-43-50(34-54(81)41-73-59)47-20-24-52(25-21-47)78-29-27-77(4)28-30-78/h18-25,35-45,48,53-54,66,83,86H,7-17,26-34H2,1-6H3,(H,74,85)(H,75,84)(H,76,82). The molecule has 1 aliphatic carbocycles. The minimum atomic E-state index is -0.917. The Morgan fingerprint density at radius 1 is 0.641 bits per heavy atom. The molecule has 6 heterocycles. The Labute approximate surface area is 538 Å². The second-order valence-corrected chi connectivity index (χ2v) is 25.3. The van der Waals surface area contributed by atoms with E-state index >= 15 is 0 Å². The molecule has 4 atom stereocenters. The fraction of sp³-hybridized carbons (Fsp3) is 0.451.